The molecule has 5 N–H and O–H groups in total. The first-order valence-corrected chi connectivity index (χ1v) is 31.0. The van der Waals surface area contributed by atoms with Crippen molar-refractivity contribution in [1.29, 1.82) is 0 Å². The maximum Gasteiger partial charge on any atom is 0.254 e. The van der Waals surface area contributed by atoms with Gasteiger partial charge in [0.15, 0.2) is 5.78 Å². The van der Waals surface area contributed by atoms with Crippen LogP contribution in [0.25, 0.3) is 11.1 Å². The maximum atomic E-state index is 14.7. The zero-order chi connectivity index (χ0) is 61.6. The van der Waals surface area contributed by atoms with Crippen LogP contribution in [0.5, 0.6) is 5.88 Å². The second-order valence-corrected chi connectivity index (χ2v) is 23.3. The first kappa shape index (κ1) is 64.4. The number of Topliss-reactive ketones (excluding diaryl/α,β-unsaturated/α-hetero) is 1. The molecule has 5 amide bonds. The van der Waals surface area contributed by atoms with Gasteiger partial charge in [0, 0.05) is 74.8 Å². The van der Waals surface area contributed by atoms with Crippen molar-refractivity contribution in [3.8, 4) is 17.0 Å². The third kappa shape index (κ3) is 16.0. The van der Waals surface area contributed by atoms with Gasteiger partial charge in [0.05, 0.1) is 120 Å². The minimum absolute atomic E-state index is 0.0554. The number of anilines is 2. The number of fused-ring (bicyclic) bond motifs is 8. The maximum absolute atomic E-state index is 14.7. The van der Waals surface area contributed by atoms with Gasteiger partial charge >= 0.3 is 0 Å². The van der Waals surface area contributed by atoms with Gasteiger partial charge in [0.1, 0.15) is 29.5 Å². The highest BCUT2D eigenvalue weighted by atomic mass is 32.2. The highest BCUT2D eigenvalue weighted by molar-refractivity contribution is 8.14. The number of hydrogen-bond acceptors (Lipinski definition) is 18. The fourth-order valence-electron chi connectivity index (χ4n) is 11.9. The van der Waals surface area contributed by atoms with Crippen molar-refractivity contribution >= 4 is 63.6 Å². The number of likely N-dealkylation sites (tertiary alicyclic amines) is 2. The van der Waals surface area contributed by atoms with E-state index >= 15 is 0 Å². The molecule has 3 fully saturated rings. The number of aromatic nitrogens is 3. The number of carbonyl (C=O) groups is 6. The lowest BCUT2D eigenvalue weighted by molar-refractivity contribution is -0.140. The van der Waals surface area contributed by atoms with Crippen LogP contribution in [0, 0.1) is 17.6 Å². The molecule has 0 spiro atoms. The standard InChI is InChI=1S/C61H80F2N12O11S/c1-38(65-2)57(79)69-54(60(81)74-21-6-8-49(74)58-68-47(37-87-58)55(78)40-9-11-42(62)12-10-40)39-15-22-72(23-16-39)52(77)18-26-84-28-30-86-32-31-85-29-27-83-25-17-51(76)66-19-24-75-61(82-4)53-41-33-50(56(64)67-35-41)73-20-5-7-48(73)45-34-43(63)13-14-44(45)59(80)71(3)36-46(53)70-75/h9-14,33-35,38-39,47-49,54,65H,5-8,15-32,36-37H2,1-4H3,(H2,64,67)(H,66,76)(H,69,79)/t38-,47?,48-,49-,54-/m1/s1. The highest BCUT2D eigenvalue weighted by Gasteiger charge is 2.43. The zero-order valence-electron chi connectivity index (χ0n) is 49.9. The van der Waals surface area contributed by atoms with E-state index in [0.717, 1.165) is 17.9 Å². The largest absolute Gasteiger partial charge is 0.481 e. The van der Waals surface area contributed by atoms with Crippen LogP contribution < -0.4 is 31.3 Å². The van der Waals surface area contributed by atoms with E-state index < -0.39 is 29.8 Å². The first-order valence-electron chi connectivity index (χ1n) is 30.0. The number of halogens is 2. The highest BCUT2D eigenvalue weighted by Crippen LogP contribution is 2.44. The Balaban J connectivity index is 0.633. The minimum Gasteiger partial charge on any atom is -0.481 e. The normalized spacial score (nSPS) is 19.4. The average molecular weight is 1230 g/mol. The summed E-state index contributed by atoms with van der Waals surface area (Å²) in [5, 5.41) is 14.5. The van der Waals surface area contributed by atoms with E-state index in [2.05, 4.69) is 25.8 Å². The summed E-state index contributed by atoms with van der Waals surface area (Å²) < 4.78 is 58.4. The van der Waals surface area contributed by atoms with E-state index in [-0.39, 0.29) is 106 Å². The van der Waals surface area contributed by atoms with Gasteiger partial charge in [-0.05, 0) is 113 Å². The summed E-state index contributed by atoms with van der Waals surface area (Å²) in [6, 6.07) is 9.09. The van der Waals surface area contributed by atoms with E-state index in [1.54, 1.807) is 46.6 Å². The molecule has 1 unspecified atom stereocenters. The Morgan fingerprint density at radius 2 is 1.49 bits per heavy atom. The fraction of sp³-hybridized carbons (Fsp3) is 0.557. The van der Waals surface area contributed by atoms with Crippen molar-refractivity contribution in [1.82, 2.24) is 45.4 Å². The molecule has 2 bridgehead atoms. The zero-order valence-corrected chi connectivity index (χ0v) is 50.8. The summed E-state index contributed by atoms with van der Waals surface area (Å²) in [6.07, 6.45) is 5.98. The molecule has 87 heavy (non-hydrogen) atoms. The Morgan fingerprint density at radius 3 is 2.20 bits per heavy atom. The molecule has 9 rings (SSSR count). The number of ether oxygens (including phenoxy) is 5. The number of benzene rings is 2. The third-order valence-electron chi connectivity index (χ3n) is 16.6. The number of thioether (sulfide) groups is 1. The van der Waals surface area contributed by atoms with Crippen molar-refractivity contribution < 1.29 is 61.2 Å². The molecule has 5 aliphatic rings. The van der Waals surface area contributed by atoms with Gasteiger partial charge in [-0.3, -0.25) is 33.8 Å². The molecule has 26 heteroatoms. The number of piperidine rings is 1. The molecule has 3 saturated heterocycles. The number of nitrogens with two attached hydrogens (primary N) is 1. The predicted molar refractivity (Wildman–Crippen MR) is 322 cm³/mol. The number of methoxy groups -OCH3 is 1. The van der Waals surface area contributed by atoms with Crippen LogP contribution >= 0.6 is 11.8 Å². The van der Waals surface area contributed by atoms with Gasteiger partial charge in [-0.25, -0.2) is 18.4 Å². The molecule has 0 saturated carbocycles. The predicted octanol–water partition coefficient (Wildman–Crippen LogP) is 4.42. The molecule has 5 aliphatic heterocycles. The topological polar surface area (TPSA) is 267 Å². The van der Waals surface area contributed by atoms with Crippen LogP contribution in [0.2, 0.25) is 0 Å². The SMILES string of the molecule is CN[C@H](C)C(=O)N[C@@H](C(=O)N1CCC[C@@H]1C1=NC(C(=O)c2ccc(F)cc2)CS1)C1CCN(C(=O)CCOCCOCCOCCOCCC(=O)NCCn2nc3c(c2OC)-c2cnc(N)c(c2)N2CCC[C@@H]2c2cc(F)ccc2C(=O)N(C)C3)CC1. The van der Waals surface area contributed by atoms with Gasteiger partial charge in [-0.15, -0.1) is 11.8 Å². The molecule has 470 valence electrons. The number of nitrogens with zero attached hydrogens (tertiary/aromatic N) is 8. The van der Waals surface area contributed by atoms with Crippen LogP contribution in [0.3, 0.4) is 0 Å². The number of likely N-dealkylation sites (N-methyl/N-ethyl adjacent to an activating group) is 1. The molecule has 0 radical (unpaired) electrons. The fourth-order valence-corrected chi connectivity index (χ4v) is 13.1. The molecule has 5 atom stereocenters. The quantitative estimate of drug-likeness (QED) is 0.0475. The summed E-state index contributed by atoms with van der Waals surface area (Å²) in [5.41, 5.74) is 10.4. The number of hydrogen-bond donors (Lipinski definition) is 4. The molecular formula is C61H80F2N12O11S. The minimum atomic E-state index is -0.804. The van der Waals surface area contributed by atoms with Gasteiger partial charge < -0.3 is 65.0 Å². The number of aliphatic imine (C=N–C) groups is 1. The van der Waals surface area contributed by atoms with E-state index in [1.807, 2.05) is 6.07 Å². The lowest BCUT2D eigenvalue weighted by Crippen LogP contribution is -2.58. The Labute approximate surface area is 509 Å². The molecular weight excluding hydrogens is 1150 g/mol. The van der Waals surface area contributed by atoms with Crippen molar-refractivity contribution in [2.24, 2.45) is 10.9 Å². The Morgan fingerprint density at radius 1 is 0.828 bits per heavy atom. The summed E-state index contributed by atoms with van der Waals surface area (Å²) in [4.78, 5) is 97.6. The van der Waals surface area contributed by atoms with E-state index in [0.29, 0.717) is 142 Å². The second-order valence-electron chi connectivity index (χ2n) is 22.3. The van der Waals surface area contributed by atoms with E-state index in [9.17, 15) is 37.5 Å². The van der Waals surface area contributed by atoms with Crippen LogP contribution in [0.1, 0.15) is 96.3 Å². The molecule has 0 aliphatic carbocycles. The lowest BCUT2D eigenvalue weighted by atomic mass is 9.88. The van der Waals surface area contributed by atoms with Crippen molar-refractivity contribution in [3.05, 3.63) is 88.7 Å². The summed E-state index contributed by atoms with van der Waals surface area (Å²) in [6.45, 7) is 6.61. The lowest BCUT2D eigenvalue weighted by Gasteiger charge is -2.38. The van der Waals surface area contributed by atoms with Gasteiger partial charge in [-0.1, -0.05) is 0 Å². The van der Waals surface area contributed by atoms with Gasteiger partial charge in [0.25, 0.3) is 5.91 Å². The number of rotatable bonds is 27. The first-order chi connectivity index (χ1) is 42.1. The van der Waals surface area contributed by atoms with Crippen molar-refractivity contribution in [2.45, 2.75) is 102 Å². The third-order valence-corrected chi connectivity index (χ3v) is 17.8. The van der Waals surface area contributed by atoms with Crippen LogP contribution in [-0.2, 0) is 51.2 Å². The number of nitrogen functional groups attached to an aromatic ring is 1. The van der Waals surface area contributed by atoms with Crippen molar-refractivity contribution in [3.63, 3.8) is 0 Å². The van der Waals surface area contributed by atoms with Crippen molar-refractivity contribution in [2.75, 3.05) is 123 Å². The number of carbonyl (C=O) groups excluding carboxylic acids is 6. The Bertz CT molecular complexity index is 3110. The summed E-state index contributed by atoms with van der Waals surface area (Å²) in [5.74, 6) is -1.10. The molecule has 2 aromatic heterocycles. The summed E-state index contributed by atoms with van der Waals surface area (Å²) in [7, 11) is 4.90. The number of pyridine rings is 1. The second kappa shape index (κ2) is 30.7. The number of ketones is 1. The summed E-state index contributed by atoms with van der Waals surface area (Å²) >= 11 is 1.46. The molecule has 4 aromatic rings. The van der Waals surface area contributed by atoms with Gasteiger partial charge in [0.2, 0.25) is 29.5 Å². The van der Waals surface area contributed by atoms with Crippen LogP contribution in [0.4, 0.5) is 20.3 Å². The molecule has 23 nitrogen and oxygen atoms in total. The van der Waals surface area contributed by atoms with Crippen LogP contribution in [-0.4, -0.2) is 207 Å². The van der Waals surface area contributed by atoms with Crippen LogP contribution in [0.15, 0.2) is 59.7 Å². The Kier molecular flexibility index (Phi) is 22.7. The smallest absolute Gasteiger partial charge is 0.254 e. The molecule has 7 heterocycles. The monoisotopic (exact) mass is 1230 g/mol. The Hall–Kier alpha value is -7.10. The molecule has 2 aromatic carbocycles. The number of nitrogens with one attached hydrogen (secondary N) is 3. The number of amides is 5. The average Bonchev–Trinajstić information content (AvgIpc) is 2.01. The van der Waals surface area contributed by atoms with E-state index in [1.165, 1.54) is 61.3 Å². The van der Waals surface area contributed by atoms with Gasteiger partial charge in [-0.2, -0.15) is 5.10 Å². The van der Waals surface area contributed by atoms with E-state index in [4.69, 9.17) is 39.5 Å².